The topological polar surface area (TPSA) is 0 Å². The highest BCUT2D eigenvalue weighted by Gasteiger charge is 2.49. The molecular formula is C19H36. The van der Waals surface area contributed by atoms with Crippen molar-refractivity contribution < 1.29 is 0 Å². The van der Waals surface area contributed by atoms with Gasteiger partial charge in [-0.15, -0.1) is 0 Å². The molecule has 112 valence electrons. The van der Waals surface area contributed by atoms with Crippen molar-refractivity contribution in [2.75, 3.05) is 0 Å². The van der Waals surface area contributed by atoms with Gasteiger partial charge in [-0.1, -0.05) is 60.8 Å². The molecule has 2 rings (SSSR count). The Morgan fingerprint density at radius 3 is 2.26 bits per heavy atom. The molecular weight excluding hydrogens is 228 g/mol. The predicted molar refractivity (Wildman–Crippen MR) is 85.2 cm³/mol. The van der Waals surface area contributed by atoms with Crippen molar-refractivity contribution in [1.29, 1.82) is 0 Å². The third-order valence-corrected chi connectivity index (χ3v) is 7.55. The van der Waals surface area contributed by atoms with Crippen LogP contribution in [0.1, 0.15) is 86.5 Å². The van der Waals surface area contributed by atoms with Crippen molar-refractivity contribution in [3.05, 3.63) is 0 Å². The van der Waals surface area contributed by atoms with Crippen LogP contribution in [0.5, 0.6) is 0 Å². The third kappa shape index (κ3) is 2.61. The zero-order chi connectivity index (χ0) is 14.3. The van der Waals surface area contributed by atoms with Crippen LogP contribution in [0.3, 0.4) is 0 Å². The van der Waals surface area contributed by atoms with Gasteiger partial charge in [0.1, 0.15) is 0 Å². The molecule has 0 nitrogen and oxygen atoms in total. The van der Waals surface area contributed by atoms with E-state index >= 15 is 0 Å². The Balaban J connectivity index is 2.20. The fourth-order valence-electron chi connectivity index (χ4n) is 5.60. The molecule has 0 N–H and O–H groups in total. The lowest BCUT2D eigenvalue weighted by Gasteiger charge is -2.55. The summed E-state index contributed by atoms with van der Waals surface area (Å²) in [5.74, 6) is 3.74. The first-order chi connectivity index (χ1) is 8.83. The summed E-state index contributed by atoms with van der Waals surface area (Å²) < 4.78 is 0. The van der Waals surface area contributed by atoms with Crippen molar-refractivity contribution in [3.8, 4) is 0 Å². The molecule has 2 aliphatic carbocycles. The standard InChI is InChI=1S/C19H36/c1-7-16-10-8-9-12-19(16,6)17-11-13-18(4,5)15(3)14(17)2/h14-17H,7-13H2,1-6H3. The Labute approximate surface area is 121 Å². The molecule has 0 aromatic heterocycles. The van der Waals surface area contributed by atoms with Crippen LogP contribution < -0.4 is 0 Å². The van der Waals surface area contributed by atoms with Crippen LogP contribution in [0.25, 0.3) is 0 Å². The average Bonchev–Trinajstić information content (AvgIpc) is 2.36. The van der Waals surface area contributed by atoms with Gasteiger partial charge in [0.2, 0.25) is 0 Å². The van der Waals surface area contributed by atoms with Crippen molar-refractivity contribution in [1.82, 2.24) is 0 Å². The number of hydrogen-bond acceptors (Lipinski definition) is 0. The smallest absolute Gasteiger partial charge is 0.0267 e. The quantitative estimate of drug-likeness (QED) is 0.549. The van der Waals surface area contributed by atoms with Gasteiger partial charge >= 0.3 is 0 Å². The zero-order valence-corrected chi connectivity index (χ0v) is 14.3. The highest BCUT2D eigenvalue weighted by Crippen LogP contribution is 2.58. The maximum atomic E-state index is 2.65. The molecule has 5 unspecified atom stereocenters. The van der Waals surface area contributed by atoms with Crippen molar-refractivity contribution in [3.63, 3.8) is 0 Å². The molecule has 0 radical (unpaired) electrons. The third-order valence-electron chi connectivity index (χ3n) is 7.55. The molecule has 0 spiro atoms. The summed E-state index contributed by atoms with van der Waals surface area (Å²) >= 11 is 0. The van der Waals surface area contributed by atoms with E-state index in [2.05, 4.69) is 41.5 Å². The minimum atomic E-state index is 0.558. The van der Waals surface area contributed by atoms with Crippen LogP contribution in [-0.4, -0.2) is 0 Å². The van der Waals surface area contributed by atoms with Crippen molar-refractivity contribution >= 4 is 0 Å². The Kier molecular flexibility index (Phi) is 4.38. The molecule has 2 aliphatic rings. The summed E-state index contributed by atoms with van der Waals surface area (Å²) in [7, 11) is 0. The summed E-state index contributed by atoms with van der Waals surface area (Å²) in [5.41, 5.74) is 1.19. The van der Waals surface area contributed by atoms with E-state index in [1.807, 2.05) is 0 Å². The molecule has 0 aromatic carbocycles. The number of hydrogen-bond donors (Lipinski definition) is 0. The van der Waals surface area contributed by atoms with Crippen LogP contribution in [-0.2, 0) is 0 Å². The monoisotopic (exact) mass is 264 g/mol. The Bertz CT molecular complexity index is 303. The molecule has 0 aliphatic heterocycles. The highest BCUT2D eigenvalue weighted by atomic mass is 14.5. The second kappa shape index (κ2) is 5.41. The van der Waals surface area contributed by atoms with Crippen LogP contribution in [0, 0.1) is 34.5 Å². The van der Waals surface area contributed by atoms with Gasteiger partial charge in [-0.05, 0) is 60.2 Å². The summed E-state index contributed by atoms with van der Waals surface area (Å²) in [6, 6.07) is 0. The second-order valence-corrected chi connectivity index (χ2v) is 8.64. The maximum absolute atomic E-state index is 2.65. The molecule has 0 saturated heterocycles. The Hall–Kier alpha value is 0. The van der Waals surface area contributed by atoms with Gasteiger partial charge in [-0.2, -0.15) is 0 Å². The maximum Gasteiger partial charge on any atom is -0.0267 e. The van der Waals surface area contributed by atoms with E-state index in [0.29, 0.717) is 10.8 Å². The summed E-state index contributed by atoms with van der Waals surface area (Å²) in [6.45, 7) is 15.1. The van der Waals surface area contributed by atoms with E-state index in [1.54, 1.807) is 0 Å². The van der Waals surface area contributed by atoms with Crippen LogP contribution >= 0.6 is 0 Å². The van der Waals surface area contributed by atoms with E-state index in [4.69, 9.17) is 0 Å². The molecule has 19 heavy (non-hydrogen) atoms. The first-order valence-electron chi connectivity index (χ1n) is 8.83. The largest absolute Gasteiger partial charge is 0.0651 e. The van der Waals surface area contributed by atoms with Crippen molar-refractivity contribution in [2.24, 2.45) is 34.5 Å². The van der Waals surface area contributed by atoms with Gasteiger partial charge in [-0.25, -0.2) is 0 Å². The molecule has 2 fully saturated rings. The minimum absolute atomic E-state index is 0.558. The number of rotatable bonds is 2. The van der Waals surface area contributed by atoms with Crippen LogP contribution in [0.15, 0.2) is 0 Å². The van der Waals surface area contributed by atoms with Gasteiger partial charge in [0, 0.05) is 0 Å². The first kappa shape index (κ1) is 15.4. The lowest BCUT2D eigenvalue weighted by Crippen LogP contribution is -2.47. The normalized spacial score (nSPS) is 47.1. The minimum Gasteiger partial charge on any atom is -0.0651 e. The molecule has 0 bridgehead atoms. The van der Waals surface area contributed by atoms with Crippen LogP contribution in [0.4, 0.5) is 0 Å². The average molecular weight is 264 g/mol. The summed E-state index contributed by atoms with van der Waals surface area (Å²) in [6.07, 6.45) is 10.3. The molecule has 0 aromatic rings. The van der Waals surface area contributed by atoms with Crippen molar-refractivity contribution in [2.45, 2.75) is 86.5 Å². The van der Waals surface area contributed by atoms with Crippen LogP contribution in [0.2, 0.25) is 0 Å². The lowest BCUT2D eigenvalue weighted by molar-refractivity contribution is -0.0600. The molecule has 5 atom stereocenters. The zero-order valence-electron chi connectivity index (χ0n) is 14.3. The summed E-state index contributed by atoms with van der Waals surface area (Å²) in [4.78, 5) is 0. The molecule has 0 amide bonds. The SMILES string of the molecule is CCC1CCCCC1(C)C1CCC(C)(C)C(C)C1C. The lowest BCUT2D eigenvalue weighted by atomic mass is 9.50. The van der Waals surface area contributed by atoms with Gasteiger partial charge in [0.05, 0.1) is 0 Å². The van der Waals surface area contributed by atoms with E-state index in [-0.39, 0.29) is 0 Å². The fourth-order valence-corrected chi connectivity index (χ4v) is 5.60. The molecule has 2 saturated carbocycles. The molecule has 0 heteroatoms. The van der Waals surface area contributed by atoms with E-state index in [9.17, 15) is 0 Å². The van der Waals surface area contributed by atoms with Gasteiger partial charge < -0.3 is 0 Å². The van der Waals surface area contributed by atoms with Gasteiger partial charge in [0.15, 0.2) is 0 Å². The Morgan fingerprint density at radius 1 is 0.947 bits per heavy atom. The second-order valence-electron chi connectivity index (χ2n) is 8.64. The van der Waals surface area contributed by atoms with Gasteiger partial charge in [-0.3, -0.25) is 0 Å². The van der Waals surface area contributed by atoms with E-state index in [0.717, 1.165) is 23.7 Å². The molecule has 0 heterocycles. The Morgan fingerprint density at radius 2 is 1.63 bits per heavy atom. The fraction of sp³-hybridized carbons (Fsp3) is 1.00. The predicted octanol–water partition coefficient (Wildman–Crippen LogP) is 6.30. The first-order valence-corrected chi connectivity index (χ1v) is 8.83. The van der Waals surface area contributed by atoms with E-state index < -0.39 is 0 Å². The highest BCUT2D eigenvalue weighted by molar-refractivity contribution is 4.98. The van der Waals surface area contributed by atoms with E-state index in [1.165, 1.54) is 44.9 Å². The summed E-state index contributed by atoms with van der Waals surface area (Å²) in [5, 5.41) is 0. The van der Waals surface area contributed by atoms with Gasteiger partial charge in [0.25, 0.3) is 0 Å².